The Morgan fingerprint density at radius 3 is 2.00 bits per heavy atom. The molecule has 2 unspecified atom stereocenters. The van der Waals surface area contributed by atoms with Gasteiger partial charge in [0.25, 0.3) is 0 Å². The van der Waals surface area contributed by atoms with E-state index in [1.165, 1.54) is 0 Å². The first-order chi connectivity index (χ1) is 9.34. The average Bonchev–Trinajstić information content (AvgIpc) is 2.35. The van der Waals surface area contributed by atoms with E-state index in [-0.39, 0.29) is 5.92 Å². The van der Waals surface area contributed by atoms with E-state index in [1.807, 2.05) is 13.8 Å². The third-order valence-corrected chi connectivity index (χ3v) is 5.17. The first-order valence-corrected chi connectivity index (χ1v) is 9.26. The van der Waals surface area contributed by atoms with Crippen molar-refractivity contribution < 1.29 is 19.8 Å². The van der Waals surface area contributed by atoms with Crippen LogP contribution in [0.15, 0.2) is 0 Å². The molecule has 0 aliphatic heterocycles. The minimum Gasteiger partial charge on any atom is -0.481 e. The second-order valence-corrected chi connectivity index (χ2v) is 7.86. The Kier molecular flexibility index (Phi) is 11.1. The molecule has 20 heavy (non-hydrogen) atoms. The summed E-state index contributed by atoms with van der Waals surface area (Å²) in [4.78, 5) is 21.7. The van der Waals surface area contributed by atoms with Gasteiger partial charge in [-0.3, -0.25) is 9.59 Å². The summed E-state index contributed by atoms with van der Waals surface area (Å²) in [6.45, 7) is 6.48. The Hall–Kier alpha value is -0.400. The third-order valence-electron chi connectivity index (χ3n) is 2.70. The zero-order chi connectivity index (χ0) is 15.5. The summed E-state index contributed by atoms with van der Waals surface area (Å²) in [5.74, 6) is 0.0536. The van der Waals surface area contributed by atoms with Crippen molar-refractivity contribution in [1.29, 1.82) is 0 Å². The van der Waals surface area contributed by atoms with E-state index in [4.69, 9.17) is 10.2 Å². The topological polar surface area (TPSA) is 86.6 Å². The van der Waals surface area contributed by atoms with Crippen LogP contribution >= 0.6 is 21.6 Å². The van der Waals surface area contributed by atoms with Crippen LogP contribution < -0.4 is 5.32 Å². The Morgan fingerprint density at radius 2 is 1.55 bits per heavy atom. The number of hydrogen-bond donors (Lipinski definition) is 3. The van der Waals surface area contributed by atoms with Gasteiger partial charge in [0, 0.05) is 11.5 Å². The third kappa shape index (κ3) is 10.4. The number of hydrogen-bond acceptors (Lipinski definition) is 5. The van der Waals surface area contributed by atoms with Gasteiger partial charge in [0.15, 0.2) is 0 Å². The van der Waals surface area contributed by atoms with Crippen molar-refractivity contribution in [3.05, 3.63) is 0 Å². The van der Waals surface area contributed by atoms with E-state index in [1.54, 1.807) is 28.5 Å². The molecule has 3 N–H and O–H groups in total. The van der Waals surface area contributed by atoms with Crippen molar-refractivity contribution in [1.82, 2.24) is 5.32 Å². The molecule has 2 atom stereocenters. The van der Waals surface area contributed by atoms with Crippen molar-refractivity contribution in [3.63, 3.8) is 0 Å². The molecule has 0 fully saturated rings. The van der Waals surface area contributed by atoms with E-state index in [0.29, 0.717) is 25.3 Å². The molecule has 0 aliphatic carbocycles. The fourth-order valence-corrected chi connectivity index (χ4v) is 3.62. The minimum atomic E-state index is -0.809. The molecule has 5 nitrogen and oxygen atoms in total. The normalized spacial score (nSPS) is 14.2. The lowest BCUT2D eigenvalue weighted by Crippen LogP contribution is -2.39. The molecule has 0 amide bonds. The van der Waals surface area contributed by atoms with Crippen molar-refractivity contribution in [2.24, 2.45) is 11.8 Å². The molecule has 0 saturated carbocycles. The second-order valence-electron chi connectivity index (χ2n) is 5.15. The molecule has 0 aromatic heterocycles. The largest absolute Gasteiger partial charge is 0.481 e. The molecule has 0 aliphatic rings. The lowest BCUT2D eigenvalue weighted by Gasteiger charge is -2.15. The maximum absolute atomic E-state index is 11.1. The van der Waals surface area contributed by atoms with Gasteiger partial charge in [-0.1, -0.05) is 42.4 Å². The number of rotatable bonds is 12. The molecular weight excluding hydrogens is 298 g/mol. The van der Waals surface area contributed by atoms with Crippen LogP contribution in [0.1, 0.15) is 33.6 Å². The van der Waals surface area contributed by atoms with Crippen LogP contribution in [-0.2, 0) is 9.59 Å². The SMILES string of the molecule is CC(C)CNC(CCSSCCC(C)C(=O)O)C(=O)O. The Bertz CT molecular complexity index is 300. The van der Waals surface area contributed by atoms with Gasteiger partial charge >= 0.3 is 11.9 Å². The van der Waals surface area contributed by atoms with Gasteiger partial charge < -0.3 is 15.5 Å². The van der Waals surface area contributed by atoms with E-state index in [0.717, 1.165) is 11.5 Å². The van der Waals surface area contributed by atoms with E-state index >= 15 is 0 Å². The lowest BCUT2D eigenvalue weighted by molar-refractivity contribution is -0.141. The number of nitrogens with one attached hydrogen (secondary N) is 1. The van der Waals surface area contributed by atoms with Gasteiger partial charge in [-0.25, -0.2) is 0 Å². The van der Waals surface area contributed by atoms with Crippen molar-refractivity contribution >= 4 is 33.5 Å². The summed E-state index contributed by atoms with van der Waals surface area (Å²) in [5, 5.41) is 20.9. The number of carbonyl (C=O) groups is 2. The van der Waals surface area contributed by atoms with Crippen molar-refractivity contribution in [2.45, 2.75) is 39.7 Å². The lowest BCUT2D eigenvalue weighted by atomic mass is 10.1. The van der Waals surface area contributed by atoms with Crippen molar-refractivity contribution in [3.8, 4) is 0 Å². The van der Waals surface area contributed by atoms with Gasteiger partial charge in [-0.2, -0.15) is 0 Å². The maximum Gasteiger partial charge on any atom is 0.320 e. The van der Waals surface area contributed by atoms with Gasteiger partial charge in [-0.05, 0) is 25.3 Å². The Labute approximate surface area is 128 Å². The Balaban J connectivity index is 3.69. The highest BCUT2D eigenvalue weighted by Gasteiger charge is 2.16. The van der Waals surface area contributed by atoms with Crippen molar-refractivity contribution in [2.75, 3.05) is 18.1 Å². The van der Waals surface area contributed by atoms with Gasteiger partial charge in [0.1, 0.15) is 6.04 Å². The summed E-state index contributed by atoms with van der Waals surface area (Å²) in [5.41, 5.74) is 0. The van der Waals surface area contributed by atoms with Crippen LogP contribution in [-0.4, -0.2) is 46.2 Å². The summed E-state index contributed by atoms with van der Waals surface area (Å²) in [6, 6.07) is -0.497. The van der Waals surface area contributed by atoms with Crippen LogP contribution in [0.5, 0.6) is 0 Å². The molecule has 118 valence electrons. The molecular formula is C13H25NO4S2. The molecule has 0 bridgehead atoms. The summed E-state index contributed by atoms with van der Waals surface area (Å²) >= 11 is 0. The van der Waals surface area contributed by atoms with Gasteiger partial charge in [0.2, 0.25) is 0 Å². The standard InChI is InChI=1S/C13H25NO4S2/c1-9(2)8-14-11(13(17)18)5-7-20-19-6-4-10(3)12(15)16/h9-11,14H,4-8H2,1-3H3,(H,15,16)(H,17,18). The quantitative estimate of drug-likeness (QED) is 0.376. The zero-order valence-electron chi connectivity index (χ0n) is 12.3. The van der Waals surface area contributed by atoms with Gasteiger partial charge in [0.05, 0.1) is 5.92 Å². The first-order valence-electron chi connectivity index (χ1n) is 6.78. The second kappa shape index (κ2) is 11.3. The highest BCUT2D eigenvalue weighted by atomic mass is 33.1. The fraction of sp³-hybridized carbons (Fsp3) is 0.846. The Morgan fingerprint density at radius 1 is 1.00 bits per heavy atom. The van der Waals surface area contributed by atoms with Gasteiger partial charge in [-0.15, -0.1) is 0 Å². The van der Waals surface area contributed by atoms with E-state index < -0.39 is 18.0 Å². The summed E-state index contributed by atoms with van der Waals surface area (Å²) in [6.07, 6.45) is 1.22. The highest BCUT2D eigenvalue weighted by molar-refractivity contribution is 8.76. The van der Waals surface area contributed by atoms with Crippen LogP contribution in [0.2, 0.25) is 0 Å². The molecule has 0 rings (SSSR count). The molecule has 0 aromatic rings. The number of carboxylic acids is 2. The number of aliphatic carboxylic acids is 2. The molecule has 7 heteroatoms. The van der Waals surface area contributed by atoms with Crippen LogP contribution in [0.3, 0.4) is 0 Å². The maximum atomic E-state index is 11.1. The number of carboxylic acid groups (broad SMARTS) is 2. The molecule has 0 heterocycles. The molecule has 0 radical (unpaired) electrons. The van der Waals surface area contributed by atoms with Crippen LogP contribution in [0.25, 0.3) is 0 Å². The monoisotopic (exact) mass is 323 g/mol. The van der Waals surface area contributed by atoms with E-state index in [9.17, 15) is 9.59 Å². The molecule has 0 aromatic carbocycles. The zero-order valence-corrected chi connectivity index (χ0v) is 13.9. The molecule has 0 spiro atoms. The average molecular weight is 323 g/mol. The molecule has 0 saturated heterocycles. The first kappa shape index (κ1) is 19.6. The summed E-state index contributed by atoms with van der Waals surface area (Å²) in [7, 11) is 3.22. The fourth-order valence-electron chi connectivity index (χ4n) is 1.32. The van der Waals surface area contributed by atoms with E-state index in [2.05, 4.69) is 5.32 Å². The smallest absolute Gasteiger partial charge is 0.320 e. The van der Waals surface area contributed by atoms with Crippen LogP contribution in [0, 0.1) is 11.8 Å². The summed E-state index contributed by atoms with van der Waals surface area (Å²) < 4.78 is 0. The van der Waals surface area contributed by atoms with Crippen LogP contribution in [0.4, 0.5) is 0 Å². The minimum absolute atomic E-state index is 0.317. The predicted molar refractivity (Wildman–Crippen MR) is 85.2 cm³/mol. The predicted octanol–water partition coefficient (Wildman–Crippen LogP) is 2.57. The highest BCUT2D eigenvalue weighted by Crippen LogP contribution is 2.24.